The van der Waals surface area contributed by atoms with E-state index in [1.807, 2.05) is 126 Å². The van der Waals surface area contributed by atoms with Crippen molar-refractivity contribution >= 4 is 34.8 Å². The molecule has 7 nitrogen and oxygen atoms in total. The molecule has 0 aromatic heterocycles. The zero-order chi connectivity index (χ0) is 25.2. The molecule has 33 heavy (non-hydrogen) atoms. The third-order valence-electron chi connectivity index (χ3n) is 3.02. The topological polar surface area (TPSA) is 88.1 Å². The van der Waals surface area contributed by atoms with Gasteiger partial charge >= 0.3 is 0 Å². The van der Waals surface area contributed by atoms with Crippen molar-refractivity contribution in [3.05, 3.63) is 84.9 Å². The lowest BCUT2D eigenvalue weighted by atomic mass is 10.3. The molecule has 0 saturated heterocycles. The van der Waals surface area contributed by atoms with Gasteiger partial charge < -0.3 is 0 Å². The Morgan fingerprint density at radius 2 is 0.788 bits per heavy atom. The van der Waals surface area contributed by atoms with Crippen LogP contribution in [-0.2, 0) is 9.37 Å². The van der Waals surface area contributed by atoms with Gasteiger partial charge in [-0.05, 0) is 48.5 Å². The van der Waals surface area contributed by atoms with Crippen molar-refractivity contribution < 1.29 is 14.6 Å². The summed E-state index contributed by atoms with van der Waals surface area (Å²) < 4.78 is 3.81. The second kappa shape index (κ2) is 25.4. The average molecular weight is 473 g/mol. The molecule has 0 saturated carbocycles. The Morgan fingerprint density at radius 1 is 0.515 bits per heavy atom. The van der Waals surface area contributed by atoms with Gasteiger partial charge in [0.25, 0.3) is 0 Å². The normalized spacial score (nSPS) is 9.33. The van der Waals surface area contributed by atoms with Crippen LogP contribution < -0.4 is 0 Å². The third kappa shape index (κ3) is 17.3. The summed E-state index contributed by atoms with van der Waals surface area (Å²) in [6.45, 7) is 12.0. The first-order valence-corrected chi connectivity index (χ1v) is 12.0. The van der Waals surface area contributed by atoms with Crippen molar-refractivity contribution in [1.29, 1.82) is 0 Å². The Balaban J connectivity index is 0. The molecule has 0 atom stereocenters. The zero-order valence-corrected chi connectivity index (χ0v) is 21.4. The van der Waals surface area contributed by atoms with Crippen LogP contribution in [0.15, 0.2) is 105 Å². The summed E-state index contributed by atoms with van der Waals surface area (Å²) in [4.78, 5) is 0. The van der Waals surface area contributed by atoms with E-state index >= 15 is 0 Å². The molecule has 0 fully saturated rings. The first-order valence-electron chi connectivity index (χ1n) is 10.9. The van der Waals surface area contributed by atoms with Crippen LogP contribution in [0.1, 0.15) is 41.5 Å². The van der Waals surface area contributed by atoms with E-state index in [-0.39, 0.29) is 0 Å². The Hall–Kier alpha value is -2.91. The Morgan fingerprint density at radius 3 is 1.00 bits per heavy atom. The molecule has 8 heteroatoms. The molecule has 0 bridgehead atoms. The van der Waals surface area contributed by atoms with E-state index in [0.717, 1.165) is 34.8 Å². The Labute approximate surface area is 202 Å². The summed E-state index contributed by atoms with van der Waals surface area (Å²) in [5.74, 6) is 0. The fourth-order valence-electron chi connectivity index (χ4n) is 1.84. The molecule has 180 valence electrons. The minimum atomic E-state index is 0.780. The average Bonchev–Trinajstić information content (AvgIpc) is 2.92. The number of hydrogen-bond donors (Lipinski definition) is 1. The number of nitrogens with zero attached hydrogens (tertiary/aromatic N) is 4. The standard InChI is InChI=1S/C18H14N4.3C2H6.CH4O3S/c1-3-7-15(8-4-1)19-21-17-11-13-18(14-12-17)22-20-16-9-5-2-6-10-16;3*1-2;1-5-4-3-2/h1-14H;3*1-2H3;2H,1H3. The van der Waals surface area contributed by atoms with Crippen molar-refractivity contribution in [2.45, 2.75) is 41.5 Å². The van der Waals surface area contributed by atoms with E-state index in [9.17, 15) is 0 Å². The molecule has 3 aromatic carbocycles. The molecule has 0 aliphatic carbocycles. The summed E-state index contributed by atoms with van der Waals surface area (Å²) >= 11 is 0.929. The first kappa shape index (κ1) is 32.3. The molecule has 3 rings (SSSR count). The lowest BCUT2D eigenvalue weighted by Crippen LogP contribution is -1.71. The van der Waals surface area contributed by atoms with E-state index in [1.54, 1.807) is 6.26 Å². The van der Waals surface area contributed by atoms with Gasteiger partial charge in [-0.3, -0.25) is 0 Å². The molecule has 0 radical (unpaired) electrons. The lowest BCUT2D eigenvalue weighted by molar-refractivity contribution is -0.432. The van der Waals surface area contributed by atoms with E-state index < -0.39 is 0 Å². The quantitative estimate of drug-likeness (QED) is 0.167. The summed E-state index contributed by atoms with van der Waals surface area (Å²) in [7, 11) is 0. The van der Waals surface area contributed by atoms with Crippen molar-refractivity contribution in [2.75, 3.05) is 6.26 Å². The molecular weight excluding hydrogens is 436 g/mol. The van der Waals surface area contributed by atoms with Crippen molar-refractivity contribution in [3.8, 4) is 0 Å². The number of azo groups is 2. The largest absolute Gasteiger partial charge is 0.220 e. The molecule has 1 N–H and O–H groups in total. The van der Waals surface area contributed by atoms with Crippen LogP contribution in [0.5, 0.6) is 0 Å². The van der Waals surface area contributed by atoms with Gasteiger partial charge in [-0.1, -0.05) is 83.0 Å². The Kier molecular flexibility index (Phi) is 24.8. The van der Waals surface area contributed by atoms with E-state index in [2.05, 4.69) is 29.8 Å². The summed E-state index contributed by atoms with van der Waals surface area (Å²) in [6.07, 6.45) is 1.62. The zero-order valence-electron chi connectivity index (χ0n) is 20.5. The van der Waals surface area contributed by atoms with Crippen LogP contribution in [0, 0.1) is 0 Å². The predicted molar refractivity (Wildman–Crippen MR) is 140 cm³/mol. The van der Waals surface area contributed by atoms with Gasteiger partial charge in [0.15, 0.2) is 0 Å². The maximum absolute atomic E-state index is 7.32. The van der Waals surface area contributed by atoms with Crippen LogP contribution in [0.25, 0.3) is 0 Å². The summed E-state index contributed by atoms with van der Waals surface area (Å²) in [5, 5.41) is 27.2. The maximum atomic E-state index is 7.32. The minimum absolute atomic E-state index is 0.780. The highest BCUT2D eigenvalue weighted by molar-refractivity contribution is 7.93. The SMILES string of the molecule is CC.CC.CC.CSOOO.c1ccc(N=Nc2ccc(N=Nc3ccccc3)cc2)cc1. The van der Waals surface area contributed by atoms with Crippen LogP contribution in [-0.4, -0.2) is 11.5 Å². The smallest absolute Gasteiger partial charge is 0.0858 e. The van der Waals surface area contributed by atoms with Crippen molar-refractivity contribution in [3.63, 3.8) is 0 Å². The van der Waals surface area contributed by atoms with Crippen LogP contribution in [0.2, 0.25) is 0 Å². The molecule has 3 aromatic rings. The molecule has 0 spiro atoms. The molecule has 0 heterocycles. The highest BCUT2D eigenvalue weighted by atomic mass is 32.2. The van der Waals surface area contributed by atoms with Gasteiger partial charge in [-0.2, -0.15) is 20.5 Å². The van der Waals surface area contributed by atoms with Crippen LogP contribution in [0.3, 0.4) is 0 Å². The molecular formula is C25H36N4O3S. The monoisotopic (exact) mass is 472 g/mol. The first-order chi connectivity index (χ1) is 16.3. The molecule has 0 amide bonds. The number of rotatable bonds is 6. The summed E-state index contributed by atoms with van der Waals surface area (Å²) in [6, 6.07) is 26.7. The second-order valence-corrected chi connectivity index (χ2v) is 5.37. The van der Waals surface area contributed by atoms with Gasteiger partial charge in [0.1, 0.15) is 0 Å². The summed E-state index contributed by atoms with van der Waals surface area (Å²) in [5.41, 5.74) is 3.22. The second-order valence-electron chi connectivity index (χ2n) is 4.90. The van der Waals surface area contributed by atoms with E-state index in [0.29, 0.717) is 0 Å². The van der Waals surface area contributed by atoms with E-state index in [4.69, 9.17) is 5.26 Å². The fourth-order valence-corrected chi connectivity index (χ4v) is 1.90. The van der Waals surface area contributed by atoms with Gasteiger partial charge in [0, 0.05) is 18.3 Å². The van der Waals surface area contributed by atoms with Gasteiger partial charge in [0.2, 0.25) is 0 Å². The third-order valence-corrected chi connectivity index (χ3v) is 3.22. The van der Waals surface area contributed by atoms with Crippen LogP contribution >= 0.6 is 12.0 Å². The highest BCUT2D eigenvalue weighted by Crippen LogP contribution is 2.23. The van der Waals surface area contributed by atoms with Gasteiger partial charge in [-0.15, -0.1) is 4.33 Å². The van der Waals surface area contributed by atoms with E-state index in [1.165, 1.54) is 0 Å². The highest BCUT2D eigenvalue weighted by Gasteiger charge is 1.93. The number of hydrogen-bond acceptors (Lipinski definition) is 8. The molecule has 0 aliphatic heterocycles. The molecule has 0 unspecified atom stereocenters. The lowest BCUT2D eigenvalue weighted by Gasteiger charge is -1.95. The van der Waals surface area contributed by atoms with Crippen molar-refractivity contribution in [1.82, 2.24) is 0 Å². The predicted octanol–water partition coefficient (Wildman–Crippen LogP) is 10.3. The number of benzene rings is 3. The Bertz CT molecular complexity index is 761. The maximum Gasteiger partial charge on any atom is 0.0858 e. The van der Waals surface area contributed by atoms with Crippen LogP contribution in [0.4, 0.5) is 22.7 Å². The van der Waals surface area contributed by atoms with Gasteiger partial charge in [-0.25, -0.2) is 5.26 Å². The minimum Gasteiger partial charge on any atom is -0.220 e. The fraction of sp³-hybridized carbons (Fsp3) is 0.280. The van der Waals surface area contributed by atoms with Crippen molar-refractivity contribution in [2.24, 2.45) is 20.5 Å². The van der Waals surface area contributed by atoms with Gasteiger partial charge in [0.05, 0.1) is 22.7 Å². The molecule has 0 aliphatic rings.